The normalized spacial score (nSPS) is 15.8. The molecule has 1 unspecified atom stereocenters. The lowest BCUT2D eigenvalue weighted by Crippen LogP contribution is -2.45. The minimum Gasteiger partial charge on any atom is -0.444 e. The Balaban J connectivity index is 1.61. The molecule has 1 N–H and O–H groups in total. The van der Waals surface area contributed by atoms with Crippen LogP contribution in [0.2, 0.25) is 0 Å². The van der Waals surface area contributed by atoms with E-state index in [9.17, 15) is 18.0 Å². The van der Waals surface area contributed by atoms with E-state index in [0.717, 1.165) is 29.9 Å². The summed E-state index contributed by atoms with van der Waals surface area (Å²) in [7, 11) is 0. The molecule has 1 aliphatic rings. The fraction of sp³-hybridized carbons (Fsp3) is 0.500. The number of aromatic nitrogens is 2. The molecule has 1 amide bonds. The van der Waals surface area contributed by atoms with Crippen LogP contribution in [0.25, 0.3) is 11.4 Å². The van der Waals surface area contributed by atoms with Gasteiger partial charge in [-0.3, -0.25) is 4.90 Å². The van der Waals surface area contributed by atoms with Gasteiger partial charge < -0.3 is 10.1 Å². The Kier molecular flexibility index (Phi) is 6.54. The molecule has 1 aromatic heterocycles. The molecule has 1 aromatic carbocycles. The lowest BCUT2D eigenvalue weighted by molar-refractivity contribution is -0.137. The van der Waals surface area contributed by atoms with Gasteiger partial charge in [-0.25, -0.2) is 14.8 Å². The van der Waals surface area contributed by atoms with Gasteiger partial charge in [0.15, 0.2) is 5.82 Å². The highest BCUT2D eigenvalue weighted by atomic mass is 19.4. The van der Waals surface area contributed by atoms with Crippen LogP contribution < -0.4 is 5.32 Å². The summed E-state index contributed by atoms with van der Waals surface area (Å²) in [6.07, 6.45) is -2.38. The van der Waals surface area contributed by atoms with Crippen LogP contribution in [-0.2, 0) is 23.9 Å². The molecule has 0 fully saturated rings. The number of carbonyl (C=O) groups excluding carboxylic acids is 1. The Morgan fingerprint density at radius 3 is 2.52 bits per heavy atom. The van der Waals surface area contributed by atoms with Crippen molar-refractivity contribution in [2.75, 3.05) is 13.1 Å². The Morgan fingerprint density at radius 2 is 1.90 bits per heavy atom. The maximum Gasteiger partial charge on any atom is 0.416 e. The number of benzene rings is 1. The summed E-state index contributed by atoms with van der Waals surface area (Å²) in [6.45, 7) is 9.43. The Morgan fingerprint density at radius 1 is 1.23 bits per heavy atom. The third-order valence-electron chi connectivity index (χ3n) is 4.78. The molecule has 0 aliphatic carbocycles. The molecule has 1 atom stereocenters. The Hall–Kier alpha value is -2.68. The van der Waals surface area contributed by atoms with Crippen molar-refractivity contribution >= 4 is 6.09 Å². The first kappa shape index (κ1) is 23.0. The van der Waals surface area contributed by atoms with Crippen molar-refractivity contribution in [3.63, 3.8) is 0 Å². The van der Waals surface area contributed by atoms with Gasteiger partial charge in [0.05, 0.1) is 11.3 Å². The third kappa shape index (κ3) is 6.40. The van der Waals surface area contributed by atoms with Crippen LogP contribution in [0.5, 0.6) is 0 Å². The first-order valence-corrected chi connectivity index (χ1v) is 10.1. The van der Waals surface area contributed by atoms with Crippen molar-refractivity contribution in [1.82, 2.24) is 20.2 Å². The smallest absolute Gasteiger partial charge is 0.416 e. The largest absolute Gasteiger partial charge is 0.444 e. The predicted octanol–water partition coefficient (Wildman–Crippen LogP) is 4.43. The van der Waals surface area contributed by atoms with E-state index in [1.807, 2.05) is 27.7 Å². The van der Waals surface area contributed by atoms with E-state index in [4.69, 9.17) is 4.74 Å². The highest BCUT2D eigenvalue weighted by Crippen LogP contribution is 2.30. The van der Waals surface area contributed by atoms with Crippen LogP contribution in [-0.4, -0.2) is 45.7 Å². The molecule has 0 radical (unpaired) electrons. The van der Waals surface area contributed by atoms with Gasteiger partial charge in [-0.05, 0) is 39.8 Å². The molecular weight excluding hydrogens is 409 g/mol. The average Bonchev–Trinajstić information content (AvgIpc) is 2.65. The number of nitrogens with zero attached hydrogens (tertiary/aromatic N) is 3. The Labute approximate surface area is 179 Å². The number of hydrogen-bond donors (Lipinski definition) is 1. The minimum absolute atomic E-state index is 0.0938. The number of amides is 1. The molecule has 168 valence electrons. The van der Waals surface area contributed by atoms with Crippen LogP contribution in [0.1, 0.15) is 44.5 Å². The van der Waals surface area contributed by atoms with Crippen molar-refractivity contribution < 1.29 is 22.7 Å². The number of alkyl carbamates (subject to hydrolysis) is 1. The van der Waals surface area contributed by atoms with Crippen LogP contribution in [0.15, 0.2) is 30.5 Å². The molecule has 0 saturated carbocycles. The van der Waals surface area contributed by atoms with E-state index in [0.29, 0.717) is 30.9 Å². The van der Waals surface area contributed by atoms with Crippen LogP contribution >= 0.6 is 0 Å². The fourth-order valence-electron chi connectivity index (χ4n) is 3.42. The second kappa shape index (κ2) is 8.82. The number of carbonyl (C=O) groups is 1. The first-order valence-electron chi connectivity index (χ1n) is 10.1. The maximum absolute atomic E-state index is 12.8. The molecule has 2 aromatic rings. The van der Waals surface area contributed by atoms with E-state index in [-0.39, 0.29) is 6.04 Å². The Bertz CT molecular complexity index is 924. The van der Waals surface area contributed by atoms with E-state index >= 15 is 0 Å². The molecule has 31 heavy (non-hydrogen) atoms. The van der Waals surface area contributed by atoms with E-state index in [1.54, 1.807) is 6.20 Å². The zero-order valence-electron chi connectivity index (χ0n) is 18.1. The van der Waals surface area contributed by atoms with Crippen molar-refractivity contribution in [3.05, 3.63) is 47.3 Å². The molecule has 9 heteroatoms. The lowest BCUT2D eigenvalue weighted by atomic mass is 10.1. The minimum atomic E-state index is -4.37. The van der Waals surface area contributed by atoms with E-state index in [1.165, 1.54) is 12.1 Å². The third-order valence-corrected chi connectivity index (χ3v) is 4.78. The van der Waals surface area contributed by atoms with E-state index in [2.05, 4.69) is 20.2 Å². The van der Waals surface area contributed by atoms with Gasteiger partial charge in [-0.1, -0.05) is 12.1 Å². The topological polar surface area (TPSA) is 67.4 Å². The summed E-state index contributed by atoms with van der Waals surface area (Å²) >= 11 is 0. The number of alkyl halides is 3. The summed E-state index contributed by atoms with van der Waals surface area (Å²) in [5.41, 5.74) is 1.18. The first-order chi connectivity index (χ1) is 14.4. The number of nitrogens with one attached hydrogen (secondary N) is 1. The fourth-order valence-corrected chi connectivity index (χ4v) is 3.42. The van der Waals surface area contributed by atoms with Gasteiger partial charge in [-0.15, -0.1) is 0 Å². The van der Waals surface area contributed by atoms with Gasteiger partial charge in [-0.2, -0.15) is 13.2 Å². The van der Waals surface area contributed by atoms with Crippen molar-refractivity contribution in [1.29, 1.82) is 0 Å². The van der Waals surface area contributed by atoms with Crippen molar-refractivity contribution in [3.8, 4) is 11.4 Å². The zero-order valence-corrected chi connectivity index (χ0v) is 18.1. The number of halogens is 3. The van der Waals surface area contributed by atoms with Gasteiger partial charge in [0.25, 0.3) is 0 Å². The number of ether oxygens (including phenoxy) is 1. The highest BCUT2D eigenvalue weighted by Gasteiger charge is 2.30. The average molecular weight is 436 g/mol. The van der Waals surface area contributed by atoms with Gasteiger partial charge >= 0.3 is 12.3 Å². The van der Waals surface area contributed by atoms with Gasteiger partial charge in [0, 0.05) is 49.4 Å². The summed E-state index contributed by atoms with van der Waals surface area (Å²) in [4.78, 5) is 23.0. The van der Waals surface area contributed by atoms with Crippen molar-refractivity contribution in [2.45, 2.75) is 58.5 Å². The second-order valence-electron chi connectivity index (χ2n) is 8.77. The predicted molar refractivity (Wildman–Crippen MR) is 110 cm³/mol. The maximum atomic E-state index is 12.8. The standard InChI is InChI=1S/C22H27F3N4O2/c1-14(27-20(30)31-21(2,3)4)12-29-10-9-18-16(13-29)11-26-19(28-18)15-5-7-17(8-6-15)22(23,24)25/h5-8,11,14H,9-10,12-13H2,1-4H3,(H,27,30). The number of fused-ring (bicyclic) bond motifs is 1. The molecule has 3 rings (SSSR count). The zero-order chi connectivity index (χ0) is 22.8. The summed E-state index contributed by atoms with van der Waals surface area (Å²) in [6, 6.07) is 4.77. The van der Waals surface area contributed by atoms with E-state index < -0.39 is 23.4 Å². The molecule has 1 aliphatic heterocycles. The SMILES string of the molecule is CC(CN1CCc2nc(-c3ccc(C(F)(F)F)cc3)ncc2C1)NC(=O)OC(C)(C)C. The van der Waals surface area contributed by atoms with Crippen LogP contribution in [0, 0.1) is 0 Å². The quantitative estimate of drug-likeness (QED) is 0.768. The highest BCUT2D eigenvalue weighted by molar-refractivity contribution is 5.68. The molecule has 2 heterocycles. The van der Waals surface area contributed by atoms with Gasteiger partial charge in [0.1, 0.15) is 5.60 Å². The molecule has 0 saturated heterocycles. The van der Waals surface area contributed by atoms with Crippen LogP contribution in [0.3, 0.4) is 0 Å². The monoisotopic (exact) mass is 436 g/mol. The van der Waals surface area contributed by atoms with Crippen LogP contribution in [0.4, 0.5) is 18.0 Å². The summed E-state index contributed by atoms with van der Waals surface area (Å²) in [5.74, 6) is 0.417. The summed E-state index contributed by atoms with van der Waals surface area (Å²) < 4.78 is 43.5. The van der Waals surface area contributed by atoms with Gasteiger partial charge in [0.2, 0.25) is 0 Å². The second-order valence-corrected chi connectivity index (χ2v) is 8.77. The molecule has 6 nitrogen and oxygen atoms in total. The van der Waals surface area contributed by atoms with Crippen molar-refractivity contribution in [2.24, 2.45) is 0 Å². The summed E-state index contributed by atoms with van der Waals surface area (Å²) in [5, 5.41) is 2.84. The molecular formula is C22H27F3N4O2. The number of hydrogen-bond acceptors (Lipinski definition) is 5. The number of rotatable bonds is 4. The lowest BCUT2D eigenvalue weighted by Gasteiger charge is -2.30. The molecule has 0 spiro atoms. The molecule has 0 bridgehead atoms.